The Bertz CT molecular complexity index is 1090. The number of hydrogen-bond acceptors (Lipinski definition) is 7. The third kappa shape index (κ3) is 9.47. The van der Waals surface area contributed by atoms with Crippen molar-refractivity contribution < 1.29 is 24.3 Å². The summed E-state index contributed by atoms with van der Waals surface area (Å²) in [5, 5.41) is 14.6. The van der Waals surface area contributed by atoms with Crippen molar-refractivity contribution in [2.24, 2.45) is 23.5 Å². The fourth-order valence-electron chi connectivity index (χ4n) is 4.18. The Hall–Kier alpha value is -2.36. The minimum atomic E-state index is -1.02. The zero-order valence-electron chi connectivity index (χ0n) is 21.7. The van der Waals surface area contributed by atoms with Crippen LogP contribution in [0.25, 0.3) is 10.8 Å². The second kappa shape index (κ2) is 15.1. The Labute approximate surface area is 228 Å². The SMILES string of the molecule is CSCCC(CC(=O)C(Cc1ccc2ccccc2c1)NC(=O)C(CC(=O)C(N)CS)C(C)C)C(=O)O. The molecule has 37 heavy (non-hydrogen) atoms. The number of carbonyl (C=O) groups is 4. The van der Waals surface area contributed by atoms with Gasteiger partial charge in [-0.05, 0) is 47.1 Å². The fraction of sp³-hybridized carbons (Fsp3) is 0.500. The van der Waals surface area contributed by atoms with Crippen LogP contribution in [0.4, 0.5) is 0 Å². The van der Waals surface area contributed by atoms with Crippen LogP contribution in [0.1, 0.15) is 38.7 Å². The summed E-state index contributed by atoms with van der Waals surface area (Å²) < 4.78 is 0. The molecule has 0 aliphatic carbocycles. The third-order valence-corrected chi connectivity index (χ3v) is 7.64. The second-order valence-corrected chi connectivity index (χ2v) is 11.1. The predicted molar refractivity (Wildman–Crippen MR) is 153 cm³/mol. The summed E-state index contributed by atoms with van der Waals surface area (Å²) >= 11 is 5.60. The van der Waals surface area contributed by atoms with Crippen molar-refractivity contribution in [1.82, 2.24) is 5.32 Å². The minimum Gasteiger partial charge on any atom is -0.481 e. The molecule has 0 saturated carbocycles. The number of Topliss-reactive ketones (excluding diaryl/α,β-unsaturated/α-hetero) is 2. The maximum absolute atomic E-state index is 13.4. The summed E-state index contributed by atoms with van der Waals surface area (Å²) in [5.74, 6) is -2.89. The molecule has 0 aliphatic heterocycles. The zero-order valence-corrected chi connectivity index (χ0v) is 23.4. The molecule has 4 unspecified atom stereocenters. The lowest BCUT2D eigenvalue weighted by molar-refractivity contribution is -0.144. The first-order chi connectivity index (χ1) is 17.6. The van der Waals surface area contributed by atoms with Gasteiger partial charge in [0.1, 0.15) is 0 Å². The summed E-state index contributed by atoms with van der Waals surface area (Å²) in [6.07, 6.45) is 2.25. The summed E-state index contributed by atoms with van der Waals surface area (Å²) in [7, 11) is 0. The first-order valence-electron chi connectivity index (χ1n) is 12.5. The molecule has 0 spiro atoms. The van der Waals surface area contributed by atoms with Gasteiger partial charge in [-0.25, -0.2) is 0 Å². The smallest absolute Gasteiger partial charge is 0.306 e. The summed E-state index contributed by atoms with van der Waals surface area (Å²) in [6.45, 7) is 3.68. The molecule has 2 rings (SSSR count). The summed E-state index contributed by atoms with van der Waals surface area (Å²) in [5.41, 5.74) is 6.67. The zero-order chi connectivity index (χ0) is 27.5. The molecule has 1 amide bonds. The first kappa shape index (κ1) is 30.9. The van der Waals surface area contributed by atoms with Crippen LogP contribution in [0, 0.1) is 17.8 Å². The van der Waals surface area contributed by atoms with Crippen molar-refractivity contribution in [3.8, 4) is 0 Å². The number of carbonyl (C=O) groups excluding carboxylic acids is 3. The number of carboxylic acids is 1. The molecule has 2 aromatic rings. The van der Waals surface area contributed by atoms with Gasteiger partial charge < -0.3 is 16.2 Å². The van der Waals surface area contributed by atoms with Crippen molar-refractivity contribution >= 4 is 58.6 Å². The topological polar surface area (TPSA) is 127 Å². The highest BCUT2D eigenvalue weighted by Gasteiger charge is 2.32. The largest absolute Gasteiger partial charge is 0.481 e. The Morgan fingerprint density at radius 2 is 1.70 bits per heavy atom. The van der Waals surface area contributed by atoms with E-state index < -0.39 is 35.8 Å². The molecule has 0 saturated heterocycles. The number of hydrogen-bond donors (Lipinski definition) is 4. The van der Waals surface area contributed by atoms with Crippen LogP contribution in [0.15, 0.2) is 42.5 Å². The van der Waals surface area contributed by atoms with Gasteiger partial charge in [-0.2, -0.15) is 24.4 Å². The Kier molecular flexibility index (Phi) is 12.6. The number of amides is 1. The van der Waals surface area contributed by atoms with Crippen molar-refractivity contribution in [3.05, 3.63) is 48.0 Å². The molecule has 4 N–H and O–H groups in total. The number of fused-ring (bicyclic) bond motifs is 1. The van der Waals surface area contributed by atoms with E-state index in [0.29, 0.717) is 12.2 Å². The molecular weight excluding hydrogens is 508 g/mol. The molecule has 0 fully saturated rings. The van der Waals surface area contributed by atoms with E-state index in [4.69, 9.17) is 5.73 Å². The lowest BCUT2D eigenvalue weighted by Gasteiger charge is -2.25. The predicted octanol–water partition coefficient (Wildman–Crippen LogP) is 3.77. The average molecular weight is 547 g/mol. The molecule has 4 atom stereocenters. The fourth-order valence-corrected chi connectivity index (χ4v) is 4.91. The second-order valence-electron chi connectivity index (χ2n) is 9.74. The normalized spacial score (nSPS) is 14.6. The van der Waals surface area contributed by atoms with Crippen LogP contribution >= 0.6 is 24.4 Å². The van der Waals surface area contributed by atoms with Gasteiger partial charge in [0.2, 0.25) is 5.91 Å². The van der Waals surface area contributed by atoms with E-state index in [2.05, 4.69) is 17.9 Å². The van der Waals surface area contributed by atoms with Gasteiger partial charge in [-0.1, -0.05) is 56.3 Å². The summed E-state index contributed by atoms with van der Waals surface area (Å²) in [6, 6.07) is 12.0. The molecular formula is C28H38N2O5S2. The Balaban J connectivity index is 2.31. The standard InChI is InChI=1S/C28H38N2O5S2/c1-17(2)22(15-25(31)23(29)16-36)27(33)30-24(26(32)14-21(28(34)35)10-11-37-3)13-18-8-9-19-6-4-5-7-20(19)12-18/h4-9,12,17,21-24,36H,10-11,13-16,29H2,1-3H3,(H,30,33)(H,34,35). The molecule has 7 nitrogen and oxygen atoms in total. The number of nitrogens with one attached hydrogen (secondary N) is 1. The van der Waals surface area contributed by atoms with Crippen molar-refractivity contribution in [1.29, 1.82) is 0 Å². The number of carboxylic acid groups (broad SMARTS) is 1. The van der Waals surface area contributed by atoms with Gasteiger partial charge in [-0.3, -0.25) is 19.2 Å². The van der Waals surface area contributed by atoms with Crippen molar-refractivity contribution in [2.75, 3.05) is 17.8 Å². The van der Waals surface area contributed by atoms with E-state index in [0.717, 1.165) is 16.3 Å². The van der Waals surface area contributed by atoms with Gasteiger partial charge in [0.15, 0.2) is 11.6 Å². The third-order valence-electron chi connectivity index (χ3n) is 6.60. The highest BCUT2D eigenvalue weighted by atomic mass is 32.2. The van der Waals surface area contributed by atoms with Crippen LogP contribution in [0.3, 0.4) is 0 Å². The van der Waals surface area contributed by atoms with E-state index in [1.807, 2.05) is 62.6 Å². The van der Waals surface area contributed by atoms with Gasteiger partial charge >= 0.3 is 5.97 Å². The molecule has 202 valence electrons. The highest BCUT2D eigenvalue weighted by Crippen LogP contribution is 2.21. The van der Waals surface area contributed by atoms with Gasteiger partial charge in [0.25, 0.3) is 0 Å². The molecule has 2 aromatic carbocycles. The van der Waals surface area contributed by atoms with Crippen LogP contribution in [0.5, 0.6) is 0 Å². The molecule has 0 heterocycles. The van der Waals surface area contributed by atoms with E-state index in [-0.39, 0.29) is 42.5 Å². The van der Waals surface area contributed by atoms with Crippen LogP contribution in [-0.2, 0) is 25.6 Å². The van der Waals surface area contributed by atoms with E-state index >= 15 is 0 Å². The van der Waals surface area contributed by atoms with E-state index in [1.54, 1.807) is 0 Å². The monoisotopic (exact) mass is 546 g/mol. The number of ketones is 2. The number of rotatable bonds is 16. The van der Waals surface area contributed by atoms with E-state index in [1.165, 1.54) is 11.8 Å². The number of thiol groups is 1. The van der Waals surface area contributed by atoms with Gasteiger partial charge in [-0.15, -0.1) is 0 Å². The average Bonchev–Trinajstić information content (AvgIpc) is 2.87. The molecule has 9 heteroatoms. The van der Waals surface area contributed by atoms with E-state index in [9.17, 15) is 24.3 Å². The Morgan fingerprint density at radius 1 is 1.03 bits per heavy atom. The number of benzene rings is 2. The van der Waals surface area contributed by atoms with Gasteiger partial charge in [0, 0.05) is 24.5 Å². The number of thioether (sulfide) groups is 1. The molecule has 0 bridgehead atoms. The van der Waals surface area contributed by atoms with Gasteiger partial charge in [0.05, 0.1) is 18.0 Å². The lowest BCUT2D eigenvalue weighted by Crippen LogP contribution is -2.47. The maximum atomic E-state index is 13.4. The summed E-state index contributed by atoms with van der Waals surface area (Å²) in [4.78, 5) is 51.0. The first-order valence-corrected chi connectivity index (χ1v) is 14.5. The quantitative estimate of drug-likeness (QED) is 0.236. The Morgan fingerprint density at radius 3 is 2.30 bits per heavy atom. The maximum Gasteiger partial charge on any atom is 0.306 e. The van der Waals surface area contributed by atoms with Crippen molar-refractivity contribution in [2.45, 2.75) is 51.6 Å². The molecule has 0 aliphatic rings. The van der Waals surface area contributed by atoms with Crippen LogP contribution < -0.4 is 11.1 Å². The van der Waals surface area contributed by atoms with Crippen LogP contribution in [-0.4, -0.2) is 58.4 Å². The molecule has 0 radical (unpaired) electrons. The number of aliphatic carboxylic acids is 1. The van der Waals surface area contributed by atoms with Crippen molar-refractivity contribution in [3.63, 3.8) is 0 Å². The highest BCUT2D eigenvalue weighted by molar-refractivity contribution is 7.98. The molecule has 0 aromatic heterocycles. The lowest BCUT2D eigenvalue weighted by atomic mass is 9.87. The number of nitrogens with two attached hydrogens (primary N) is 1. The van der Waals surface area contributed by atoms with Crippen LogP contribution in [0.2, 0.25) is 0 Å². The minimum absolute atomic E-state index is 0.0480.